The Hall–Kier alpha value is -2.36. The number of hydrogen-bond donors (Lipinski definition) is 3. The first-order valence-corrected chi connectivity index (χ1v) is 6.96. The Morgan fingerprint density at radius 3 is 2.76 bits per heavy atom. The fourth-order valence-electron chi connectivity index (χ4n) is 1.56. The third-order valence-corrected chi connectivity index (χ3v) is 3.46. The van der Waals surface area contributed by atoms with Gasteiger partial charge in [-0.1, -0.05) is 11.8 Å². The van der Waals surface area contributed by atoms with Crippen LogP contribution in [0, 0.1) is 6.92 Å². The highest BCUT2D eigenvalue weighted by molar-refractivity contribution is 7.99. The number of carbonyl (C=O) groups excluding carboxylic acids is 1. The molecule has 0 fully saturated rings. The van der Waals surface area contributed by atoms with Crippen molar-refractivity contribution in [3.8, 4) is 0 Å². The van der Waals surface area contributed by atoms with Crippen molar-refractivity contribution >= 4 is 17.7 Å². The van der Waals surface area contributed by atoms with Crippen molar-refractivity contribution < 1.29 is 9.21 Å². The van der Waals surface area contributed by atoms with Crippen molar-refractivity contribution in [1.82, 2.24) is 25.5 Å². The van der Waals surface area contributed by atoms with E-state index in [2.05, 4.69) is 25.5 Å². The van der Waals surface area contributed by atoms with E-state index in [9.17, 15) is 14.4 Å². The average Bonchev–Trinajstić information content (AvgIpc) is 2.88. The Labute approximate surface area is 122 Å². The lowest BCUT2D eigenvalue weighted by atomic mass is 10.2. The van der Waals surface area contributed by atoms with Gasteiger partial charge in [-0.3, -0.25) is 14.6 Å². The van der Waals surface area contributed by atoms with E-state index < -0.39 is 11.2 Å². The fourth-order valence-corrected chi connectivity index (χ4v) is 2.21. The molecule has 2 aromatic heterocycles. The van der Waals surface area contributed by atoms with Gasteiger partial charge in [0.05, 0.1) is 12.2 Å². The Bertz CT molecular complexity index is 762. The lowest BCUT2D eigenvalue weighted by molar-refractivity contribution is -0.118. The van der Waals surface area contributed by atoms with E-state index in [4.69, 9.17) is 4.42 Å². The van der Waals surface area contributed by atoms with Crippen LogP contribution in [0.5, 0.6) is 0 Å². The molecule has 2 aromatic rings. The summed E-state index contributed by atoms with van der Waals surface area (Å²) in [7, 11) is 1.54. The average molecular weight is 311 g/mol. The van der Waals surface area contributed by atoms with Crippen molar-refractivity contribution in [2.75, 3.05) is 12.8 Å². The Balaban J connectivity index is 2.11. The minimum Gasteiger partial charge on any atom is -0.416 e. The molecule has 0 saturated heterocycles. The largest absolute Gasteiger partial charge is 0.416 e. The summed E-state index contributed by atoms with van der Waals surface area (Å²) >= 11 is 1.10. The van der Waals surface area contributed by atoms with Crippen LogP contribution in [0.15, 0.2) is 19.2 Å². The van der Waals surface area contributed by atoms with Crippen LogP contribution in [0.25, 0.3) is 0 Å². The smallest absolute Gasteiger partial charge is 0.325 e. The summed E-state index contributed by atoms with van der Waals surface area (Å²) in [6.07, 6.45) is 0.103. The Kier molecular flexibility index (Phi) is 4.58. The third-order valence-electron chi connectivity index (χ3n) is 2.64. The van der Waals surface area contributed by atoms with Crippen molar-refractivity contribution in [2.24, 2.45) is 0 Å². The molecule has 0 bridgehead atoms. The summed E-state index contributed by atoms with van der Waals surface area (Å²) in [6.45, 7) is 1.61. The molecule has 2 rings (SSSR count). The summed E-state index contributed by atoms with van der Waals surface area (Å²) in [5.41, 5.74) is -0.259. The van der Waals surface area contributed by atoms with Gasteiger partial charge in [-0.15, -0.1) is 10.2 Å². The predicted molar refractivity (Wildman–Crippen MR) is 74.3 cm³/mol. The number of H-pyrrole nitrogens is 2. The summed E-state index contributed by atoms with van der Waals surface area (Å²) in [5, 5.41) is 10.3. The molecule has 10 heteroatoms. The van der Waals surface area contributed by atoms with Gasteiger partial charge < -0.3 is 14.7 Å². The normalized spacial score (nSPS) is 10.6. The van der Waals surface area contributed by atoms with Crippen LogP contribution in [0.3, 0.4) is 0 Å². The number of hydrogen-bond acceptors (Lipinski definition) is 7. The topological polar surface area (TPSA) is 134 Å². The van der Waals surface area contributed by atoms with Gasteiger partial charge in [0, 0.05) is 18.3 Å². The van der Waals surface area contributed by atoms with E-state index in [1.807, 2.05) is 0 Å². The lowest BCUT2D eigenvalue weighted by Crippen LogP contribution is -2.27. The monoisotopic (exact) mass is 311 g/mol. The maximum Gasteiger partial charge on any atom is 0.325 e. The second kappa shape index (κ2) is 6.39. The first-order chi connectivity index (χ1) is 9.99. The summed E-state index contributed by atoms with van der Waals surface area (Å²) in [5.74, 6) is 0.235. The maximum atomic E-state index is 11.7. The van der Waals surface area contributed by atoms with Gasteiger partial charge in [0.15, 0.2) is 0 Å². The molecule has 0 saturated carbocycles. The molecule has 21 heavy (non-hydrogen) atoms. The molecule has 2 heterocycles. The standard InChI is InChI=1S/C11H13N5O4S/c1-5-6(9(18)14-10(19)13-5)3-8-15-16-11(20-8)21-4-7(17)12-2/h3-4H2,1-2H3,(H,12,17)(H2,13,14,18,19). The van der Waals surface area contributed by atoms with E-state index in [0.717, 1.165) is 11.8 Å². The predicted octanol–water partition coefficient (Wildman–Crippen LogP) is -0.816. The molecular weight excluding hydrogens is 298 g/mol. The maximum absolute atomic E-state index is 11.7. The third kappa shape index (κ3) is 3.81. The van der Waals surface area contributed by atoms with E-state index in [1.165, 1.54) is 7.05 Å². The molecule has 0 radical (unpaired) electrons. The zero-order valence-corrected chi connectivity index (χ0v) is 12.2. The van der Waals surface area contributed by atoms with Crippen LogP contribution in [-0.4, -0.2) is 38.9 Å². The van der Waals surface area contributed by atoms with Crippen LogP contribution < -0.4 is 16.6 Å². The van der Waals surface area contributed by atoms with Crippen molar-refractivity contribution in [2.45, 2.75) is 18.6 Å². The number of aromatic nitrogens is 4. The number of carbonyl (C=O) groups is 1. The molecule has 9 nitrogen and oxygen atoms in total. The fraction of sp³-hybridized carbons (Fsp3) is 0.364. The highest BCUT2D eigenvalue weighted by Crippen LogP contribution is 2.17. The van der Waals surface area contributed by atoms with Crippen LogP contribution in [0.4, 0.5) is 0 Å². The summed E-state index contributed by atoms with van der Waals surface area (Å²) < 4.78 is 5.34. The molecule has 0 aromatic carbocycles. The molecule has 0 unspecified atom stereocenters. The van der Waals surface area contributed by atoms with E-state index >= 15 is 0 Å². The molecule has 1 amide bonds. The summed E-state index contributed by atoms with van der Waals surface area (Å²) in [4.78, 5) is 38.5. The van der Waals surface area contributed by atoms with E-state index in [0.29, 0.717) is 11.3 Å². The number of nitrogens with one attached hydrogen (secondary N) is 3. The first-order valence-electron chi connectivity index (χ1n) is 5.97. The summed E-state index contributed by atoms with van der Waals surface area (Å²) in [6, 6.07) is 0. The molecule has 0 spiro atoms. The van der Waals surface area contributed by atoms with Gasteiger partial charge in [-0.05, 0) is 6.92 Å². The lowest BCUT2D eigenvalue weighted by Gasteiger charge is -2.00. The molecule has 0 aliphatic heterocycles. The number of thioether (sulfide) groups is 1. The van der Waals surface area contributed by atoms with Gasteiger partial charge in [0.2, 0.25) is 11.8 Å². The molecule has 0 atom stereocenters. The van der Waals surface area contributed by atoms with Gasteiger partial charge >= 0.3 is 5.69 Å². The van der Waals surface area contributed by atoms with E-state index in [-0.39, 0.29) is 29.2 Å². The number of nitrogens with zero attached hydrogens (tertiary/aromatic N) is 2. The minimum absolute atomic E-state index is 0.103. The second-order valence-electron chi connectivity index (χ2n) is 4.11. The highest BCUT2D eigenvalue weighted by atomic mass is 32.2. The van der Waals surface area contributed by atoms with Crippen LogP contribution in [-0.2, 0) is 11.2 Å². The Morgan fingerprint density at radius 1 is 1.33 bits per heavy atom. The molecule has 3 N–H and O–H groups in total. The molecule has 0 aliphatic rings. The van der Waals surface area contributed by atoms with Gasteiger partial charge in [0.1, 0.15) is 0 Å². The van der Waals surface area contributed by atoms with Gasteiger partial charge in [-0.25, -0.2) is 4.79 Å². The zero-order valence-electron chi connectivity index (χ0n) is 11.3. The number of rotatable bonds is 5. The molecular formula is C11H13N5O4S. The van der Waals surface area contributed by atoms with Gasteiger partial charge in [0.25, 0.3) is 10.8 Å². The number of aryl methyl sites for hydroxylation is 1. The van der Waals surface area contributed by atoms with Crippen LogP contribution in [0.1, 0.15) is 17.1 Å². The SMILES string of the molecule is CNC(=O)CSc1nnc(Cc2c(C)[nH]c(=O)[nH]c2=O)o1. The van der Waals surface area contributed by atoms with Crippen LogP contribution >= 0.6 is 11.8 Å². The quantitative estimate of drug-likeness (QED) is 0.614. The molecule has 112 valence electrons. The second-order valence-corrected chi connectivity index (χ2v) is 5.04. The molecule has 0 aliphatic carbocycles. The first kappa shape index (κ1) is 15.0. The highest BCUT2D eigenvalue weighted by Gasteiger charge is 2.13. The number of amides is 1. The Morgan fingerprint density at radius 2 is 2.10 bits per heavy atom. The van der Waals surface area contributed by atoms with Crippen molar-refractivity contribution in [3.63, 3.8) is 0 Å². The zero-order chi connectivity index (χ0) is 15.4. The van der Waals surface area contributed by atoms with Crippen molar-refractivity contribution in [1.29, 1.82) is 0 Å². The number of aromatic amines is 2. The minimum atomic E-state index is -0.561. The van der Waals surface area contributed by atoms with Crippen molar-refractivity contribution in [3.05, 3.63) is 38.0 Å². The van der Waals surface area contributed by atoms with E-state index in [1.54, 1.807) is 6.92 Å². The van der Waals surface area contributed by atoms with Gasteiger partial charge in [-0.2, -0.15) is 0 Å². The van der Waals surface area contributed by atoms with Crippen LogP contribution in [0.2, 0.25) is 0 Å².